The minimum absolute atomic E-state index is 0.0566. The summed E-state index contributed by atoms with van der Waals surface area (Å²) >= 11 is 0. The highest BCUT2D eigenvalue weighted by atomic mass is 19.4. The van der Waals surface area contributed by atoms with Gasteiger partial charge in [-0.1, -0.05) is 43.3 Å². The molecule has 5 nitrogen and oxygen atoms in total. The predicted molar refractivity (Wildman–Crippen MR) is 142 cm³/mol. The van der Waals surface area contributed by atoms with Gasteiger partial charge >= 0.3 is 6.18 Å². The number of hydrogen-bond acceptors (Lipinski definition) is 3. The van der Waals surface area contributed by atoms with Crippen LogP contribution in [0.25, 0.3) is 11.3 Å². The molecule has 1 amide bonds. The Morgan fingerprint density at radius 3 is 2.35 bits per heavy atom. The Labute approximate surface area is 216 Å². The highest BCUT2D eigenvalue weighted by Gasteiger charge is 2.31. The molecule has 0 unspecified atom stereocenters. The molecule has 2 heterocycles. The predicted octanol–water partition coefficient (Wildman–Crippen LogP) is 5.83. The number of rotatable bonds is 9. The molecule has 0 spiro atoms. The van der Waals surface area contributed by atoms with E-state index in [1.54, 1.807) is 6.07 Å². The number of alkyl halides is 3. The van der Waals surface area contributed by atoms with Crippen molar-refractivity contribution in [2.75, 3.05) is 44.2 Å². The molecule has 2 aromatic carbocycles. The summed E-state index contributed by atoms with van der Waals surface area (Å²) in [7, 11) is 0. The topological polar surface area (TPSA) is 40.5 Å². The van der Waals surface area contributed by atoms with Crippen molar-refractivity contribution in [3.8, 4) is 11.3 Å². The van der Waals surface area contributed by atoms with Gasteiger partial charge in [-0.15, -0.1) is 0 Å². The summed E-state index contributed by atoms with van der Waals surface area (Å²) in [4.78, 5) is 17.3. The summed E-state index contributed by atoms with van der Waals surface area (Å²) < 4.78 is 41.3. The van der Waals surface area contributed by atoms with Gasteiger partial charge in [0.1, 0.15) is 0 Å². The third-order valence-corrected chi connectivity index (χ3v) is 6.98. The highest BCUT2D eigenvalue weighted by Crippen LogP contribution is 2.32. The summed E-state index contributed by atoms with van der Waals surface area (Å²) in [5.74, 6) is -0.0566. The summed E-state index contributed by atoms with van der Waals surface area (Å²) in [5, 5.41) is 3.07. The fourth-order valence-electron chi connectivity index (χ4n) is 4.94. The number of carbonyl (C=O) groups excluding carboxylic acids is 1. The molecule has 0 bridgehead atoms. The summed E-state index contributed by atoms with van der Waals surface area (Å²) in [5.41, 5.74) is 3.85. The smallest absolute Gasteiger partial charge is 0.369 e. The van der Waals surface area contributed by atoms with Gasteiger partial charge in [-0.25, -0.2) is 0 Å². The number of amides is 1. The van der Waals surface area contributed by atoms with Crippen LogP contribution in [0, 0.1) is 6.92 Å². The van der Waals surface area contributed by atoms with Crippen LogP contribution < -0.4 is 10.2 Å². The van der Waals surface area contributed by atoms with Gasteiger partial charge in [-0.3, -0.25) is 9.69 Å². The average Bonchev–Trinajstić information content (AvgIpc) is 3.23. The molecule has 0 radical (unpaired) electrons. The van der Waals surface area contributed by atoms with E-state index in [1.807, 2.05) is 36.1 Å². The van der Waals surface area contributed by atoms with Crippen molar-refractivity contribution in [2.24, 2.45) is 0 Å². The number of hydrogen-bond donors (Lipinski definition) is 1. The van der Waals surface area contributed by atoms with Crippen LogP contribution in [0.3, 0.4) is 0 Å². The van der Waals surface area contributed by atoms with Gasteiger partial charge in [0.2, 0.25) is 0 Å². The van der Waals surface area contributed by atoms with E-state index >= 15 is 0 Å². The second-order valence-electron chi connectivity index (χ2n) is 9.53. The highest BCUT2D eigenvalue weighted by molar-refractivity contribution is 5.97. The first kappa shape index (κ1) is 26.8. The van der Waals surface area contributed by atoms with Crippen molar-refractivity contribution in [3.05, 3.63) is 77.5 Å². The molecule has 1 N–H and O–H groups in total. The zero-order chi connectivity index (χ0) is 26.4. The van der Waals surface area contributed by atoms with Gasteiger partial charge < -0.3 is 14.8 Å². The lowest BCUT2D eigenvalue weighted by Crippen LogP contribution is -2.47. The van der Waals surface area contributed by atoms with E-state index in [0.717, 1.165) is 62.0 Å². The Hall–Kier alpha value is -3.26. The molecule has 37 heavy (non-hydrogen) atoms. The maximum absolute atomic E-state index is 13.0. The van der Waals surface area contributed by atoms with E-state index in [2.05, 4.69) is 33.8 Å². The lowest BCUT2D eigenvalue weighted by Gasteiger charge is -2.36. The number of halogens is 3. The number of aromatic nitrogens is 1. The number of nitrogens with zero attached hydrogens (tertiary/aromatic N) is 3. The fraction of sp³-hybridized carbons (Fsp3) is 0.414. The van der Waals surface area contributed by atoms with Gasteiger partial charge in [0.15, 0.2) is 0 Å². The lowest BCUT2D eigenvalue weighted by molar-refractivity contribution is -0.137. The van der Waals surface area contributed by atoms with Crippen molar-refractivity contribution < 1.29 is 18.0 Å². The van der Waals surface area contributed by atoms with Crippen LogP contribution in [-0.2, 0) is 12.7 Å². The van der Waals surface area contributed by atoms with E-state index in [4.69, 9.17) is 0 Å². The van der Waals surface area contributed by atoms with Gasteiger partial charge in [0.25, 0.3) is 5.91 Å². The van der Waals surface area contributed by atoms with E-state index in [9.17, 15) is 18.0 Å². The molecular formula is C29H35F3N4O. The summed E-state index contributed by atoms with van der Waals surface area (Å²) in [6.07, 6.45) is -2.53. The third kappa shape index (κ3) is 6.55. The van der Waals surface area contributed by atoms with Crippen LogP contribution in [0.15, 0.2) is 60.7 Å². The Kier molecular flexibility index (Phi) is 8.59. The number of piperazine rings is 1. The minimum Gasteiger partial charge on any atom is -0.369 e. The summed E-state index contributed by atoms with van der Waals surface area (Å²) in [6, 6.07) is 17.7. The number of carbonyl (C=O) groups is 1. The first-order valence-electron chi connectivity index (χ1n) is 13.0. The second kappa shape index (κ2) is 11.9. The molecular weight excluding hydrogens is 477 g/mol. The number of nitrogens with one attached hydrogen (secondary N) is 1. The SMILES string of the molecule is CCCn1c(-c2ccccc2)cc(C(=O)NCCCN2CCN(c3cccc(C(F)(F)F)c3)CC2)c1C. The summed E-state index contributed by atoms with van der Waals surface area (Å²) in [6.45, 7) is 9.32. The Balaban J connectivity index is 1.26. The van der Waals surface area contributed by atoms with E-state index in [1.165, 1.54) is 12.1 Å². The standard InChI is InChI=1S/C29H35F3N4O/c1-3-14-36-22(2)26(21-27(36)23-9-5-4-6-10-23)28(37)33-13-8-15-34-16-18-35(19-17-34)25-12-7-11-24(20-25)29(30,31)32/h4-7,9-12,20-21H,3,8,13-19H2,1-2H3,(H,33,37). The van der Waals surface area contributed by atoms with Crippen LogP contribution in [0.2, 0.25) is 0 Å². The maximum Gasteiger partial charge on any atom is 0.416 e. The van der Waals surface area contributed by atoms with E-state index in [-0.39, 0.29) is 5.91 Å². The van der Waals surface area contributed by atoms with Crippen LogP contribution in [0.1, 0.15) is 41.4 Å². The normalized spacial score (nSPS) is 14.7. The fourth-order valence-corrected chi connectivity index (χ4v) is 4.94. The zero-order valence-corrected chi connectivity index (χ0v) is 21.5. The lowest BCUT2D eigenvalue weighted by atomic mass is 10.1. The van der Waals surface area contributed by atoms with Crippen LogP contribution in [0.4, 0.5) is 18.9 Å². The molecule has 8 heteroatoms. The van der Waals surface area contributed by atoms with Crippen LogP contribution >= 0.6 is 0 Å². The van der Waals surface area contributed by atoms with E-state index < -0.39 is 11.7 Å². The molecule has 0 atom stereocenters. The second-order valence-corrected chi connectivity index (χ2v) is 9.53. The molecule has 0 aliphatic carbocycles. The third-order valence-electron chi connectivity index (χ3n) is 6.98. The Bertz CT molecular complexity index is 1180. The molecule has 1 aliphatic heterocycles. The first-order chi connectivity index (χ1) is 17.8. The van der Waals surface area contributed by atoms with Crippen molar-refractivity contribution in [3.63, 3.8) is 0 Å². The van der Waals surface area contributed by atoms with E-state index in [0.29, 0.717) is 30.9 Å². The Morgan fingerprint density at radius 1 is 0.946 bits per heavy atom. The van der Waals surface area contributed by atoms with Gasteiger partial charge in [0.05, 0.1) is 11.1 Å². The molecule has 198 valence electrons. The average molecular weight is 513 g/mol. The quantitative estimate of drug-likeness (QED) is 0.367. The molecule has 0 saturated carbocycles. The van der Waals surface area contributed by atoms with Crippen molar-refractivity contribution in [2.45, 2.75) is 39.4 Å². The van der Waals surface area contributed by atoms with Crippen LogP contribution in [-0.4, -0.2) is 54.6 Å². The van der Waals surface area contributed by atoms with Gasteiger partial charge in [-0.2, -0.15) is 13.2 Å². The number of anilines is 1. The van der Waals surface area contributed by atoms with Gasteiger partial charge in [0, 0.05) is 56.3 Å². The zero-order valence-electron chi connectivity index (χ0n) is 21.5. The van der Waals surface area contributed by atoms with Crippen LogP contribution in [0.5, 0.6) is 0 Å². The molecule has 1 aromatic heterocycles. The monoisotopic (exact) mass is 512 g/mol. The molecule has 1 saturated heterocycles. The van der Waals surface area contributed by atoms with Gasteiger partial charge in [-0.05, 0) is 56.1 Å². The molecule has 1 aliphatic rings. The largest absolute Gasteiger partial charge is 0.416 e. The van der Waals surface area contributed by atoms with Crippen molar-refractivity contribution >= 4 is 11.6 Å². The minimum atomic E-state index is -4.33. The molecule has 4 rings (SSSR count). The number of benzene rings is 2. The van der Waals surface area contributed by atoms with Crippen molar-refractivity contribution in [1.29, 1.82) is 0 Å². The maximum atomic E-state index is 13.0. The Morgan fingerprint density at radius 2 is 1.68 bits per heavy atom. The molecule has 1 fully saturated rings. The first-order valence-corrected chi connectivity index (χ1v) is 13.0. The van der Waals surface area contributed by atoms with Crippen molar-refractivity contribution in [1.82, 2.24) is 14.8 Å². The molecule has 3 aromatic rings.